The van der Waals surface area contributed by atoms with E-state index in [1.165, 1.54) is 21.8 Å². The highest BCUT2D eigenvalue weighted by atomic mass is 28.3. The number of benzene rings is 7. The molecule has 0 spiro atoms. The summed E-state index contributed by atoms with van der Waals surface area (Å²) < 4.78 is 13.2. The van der Waals surface area contributed by atoms with Crippen LogP contribution in [-0.2, 0) is 0 Å². The lowest BCUT2D eigenvalue weighted by Crippen LogP contribution is -2.57. The molecule has 7 nitrogen and oxygen atoms in total. The Kier molecular flexibility index (Phi) is 6.82. The summed E-state index contributed by atoms with van der Waals surface area (Å²) in [6, 6.07) is 51.3. The van der Waals surface area contributed by atoms with Gasteiger partial charge >= 0.3 is 6.98 Å². The first-order chi connectivity index (χ1) is 28.4. The third kappa shape index (κ3) is 4.44. The Bertz CT molecular complexity index is 3190. The molecular formula is C49H36BN5O2Si. The average Bonchev–Trinajstić information content (AvgIpc) is 3.91. The number of rotatable bonds is 3. The number of nitrogens with zero attached hydrogens (tertiary/aromatic N) is 5. The summed E-state index contributed by atoms with van der Waals surface area (Å²) in [7, 11) is -0.261. The van der Waals surface area contributed by atoms with Gasteiger partial charge in [-0.2, -0.15) is 0 Å². The van der Waals surface area contributed by atoms with Crippen LogP contribution in [-0.4, -0.2) is 41.2 Å². The zero-order valence-corrected chi connectivity index (χ0v) is 33.2. The molecule has 9 aromatic rings. The number of hydrogen-bond donors (Lipinski definition) is 1. The molecule has 1 N–H and O–H groups in total. The Morgan fingerprint density at radius 2 is 1.34 bits per heavy atom. The Morgan fingerprint density at radius 3 is 2.10 bits per heavy atom. The summed E-state index contributed by atoms with van der Waals surface area (Å²) in [5.41, 5.74) is 14.1. The molecule has 0 atom stereocenters. The Morgan fingerprint density at radius 1 is 0.690 bits per heavy atom. The maximum atomic E-state index is 12.5. The number of ether oxygens (including phenoxy) is 1. The van der Waals surface area contributed by atoms with E-state index in [1.54, 1.807) is 0 Å². The van der Waals surface area contributed by atoms with E-state index in [1.807, 2.05) is 36.7 Å². The lowest BCUT2D eigenvalue weighted by atomic mass is 9.64. The van der Waals surface area contributed by atoms with Crippen LogP contribution in [0.4, 0.5) is 5.69 Å². The van der Waals surface area contributed by atoms with Gasteiger partial charge in [-0.3, -0.25) is 9.13 Å². The number of hydrogen-bond acceptors (Lipinski definition) is 4. The Hall–Kier alpha value is -7.10. The predicted octanol–water partition coefficient (Wildman–Crippen LogP) is 8.21. The molecule has 0 radical (unpaired) electrons. The van der Waals surface area contributed by atoms with Crippen molar-refractivity contribution in [3.63, 3.8) is 0 Å². The third-order valence-electron chi connectivity index (χ3n) is 12.6. The fourth-order valence-electron chi connectivity index (χ4n) is 9.85. The van der Waals surface area contributed by atoms with Crippen LogP contribution in [0.2, 0.25) is 13.1 Å². The Labute approximate surface area is 337 Å². The first-order valence-electron chi connectivity index (χ1n) is 19.7. The van der Waals surface area contributed by atoms with E-state index in [4.69, 9.17) is 9.72 Å². The van der Waals surface area contributed by atoms with Gasteiger partial charge in [0.05, 0.1) is 16.7 Å². The number of aromatic nitrogens is 4. The van der Waals surface area contributed by atoms with Crippen molar-refractivity contribution >= 4 is 47.6 Å². The first kappa shape index (κ1) is 33.1. The quantitative estimate of drug-likeness (QED) is 0.112. The van der Waals surface area contributed by atoms with Crippen molar-refractivity contribution in [1.82, 2.24) is 14.0 Å². The average molecular weight is 766 g/mol. The molecule has 0 saturated heterocycles. The largest absolute Gasteiger partial charge is 0.508 e. The molecule has 0 fully saturated rings. The second-order valence-corrected chi connectivity index (χ2v) is 20.3. The second-order valence-electron chi connectivity index (χ2n) is 16.0. The van der Waals surface area contributed by atoms with Gasteiger partial charge in [-0.25, -0.2) is 4.98 Å². The fourth-order valence-corrected chi connectivity index (χ4v) is 12.8. The van der Waals surface area contributed by atoms with Crippen LogP contribution in [0.1, 0.15) is 0 Å². The number of imidazole rings is 2. The molecule has 2 aromatic heterocycles. The van der Waals surface area contributed by atoms with Gasteiger partial charge in [-0.05, 0) is 86.6 Å². The molecule has 0 saturated carbocycles. The first-order valence-corrected chi connectivity index (χ1v) is 22.7. The van der Waals surface area contributed by atoms with E-state index in [0.717, 1.165) is 66.9 Å². The van der Waals surface area contributed by atoms with Gasteiger partial charge in [-0.15, -0.1) is 0 Å². The van der Waals surface area contributed by atoms with Gasteiger partial charge in [0.1, 0.15) is 25.3 Å². The highest BCUT2D eigenvalue weighted by molar-refractivity contribution is 7.02. The van der Waals surface area contributed by atoms with Crippen LogP contribution < -0.4 is 30.0 Å². The van der Waals surface area contributed by atoms with Crippen molar-refractivity contribution in [3.05, 3.63) is 164 Å². The topological polar surface area (TPSA) is 59.3 Å². The molecule has 58 heavy (non-hydrogen) atoms. The number of para-hydroxylation sites is 1. The minimum absolute atomic E-state index is 0.0276. The number of anilines is 1. The van der Waals surface area contributed by atoms with E-state index in [0.29, 0.717) is 11.5 Å². The van der Waals surface area contributed by atoms with Crippen LogP contribution in [0.5, 0.6) is 17.2 Å². The SMILES string of the molecule is CN1B(c2ccccc2)n2ccnc2-c2cc(Oc3ccc4c(c3O)-n3[c-][n+]5c6c(ccc(c63)[Si]4(C)C)-c3ccccc3-c3ccccc3-c3ccccc3-5)ccc21. The zero-order valence-electron chi connectivity index (χ0n) is 32.2. The highest BCUT2D eigenvalue weighted by Gasteiger charge is 2.40. The Balaban J connectivity index is 1.04. The van der Waals surface area contributed by atoms with Crippen LogP contribution in [0, 0.1) is 6.33 Å². The molecule has 7 aromatic carbocycles. The van der Waals surface area contributed by atoms with E-state index < -0.39 is 8.07 Å². The molecule has 0 bridgehead atoms. The van der Waals surface area contributed by atoms with Crippen molar-refractivity contribution in [2.75, 3.05) is 11.9 Å². The number of phenols is 1. The van der Waals surface area contributed by atoms with Gasteiger partial charge in [0, 0.05) is 23.6 Å². The standard InChI is InChI=1S/C49H36BN5O2Si/c1-52-40-23-21-32(29-39(40)49-51-27-28-55(49)50(52)31-13-5-4-6-14-31)57-42-24-26-44-47(48(42)56)54-30-53-41-20-12-11-19-37(41)35-17-9-7-15-33(35)34-16-8-10-18-36(34)38-22-25-43(58(44,2)3)46(54)45(38)53/h4-29,56H,1-3H3. The summed E-state index contributed by atoms with van der Waals surface area (Å²) in [4.78, 5) is 7.07. The van der Waals surface area contributed by atoms with Crippen LogP contribution >= 0.6 is 0 Å². The highest BCUT2D eigenvalue weighted by Crippen LogP contribution is 2.46. The predicted molar refractivity (Wildman–Crippen MR) is 235 cm³/mol. The second kappa shape index (κ2) is 12.0. The maximum absolute atomic E-state index is 12.5. The monoisotopic (exact) mass is 765 g/mol. The molecule has 3 aliphatic rings. The lowest BCUT2D eigenvalue weighted by Gasteiger charge is -2.35. The molecule has 9 heteroatoms. The van der Waals surface area contributed by atoms with Crippen molar-refractivity contribution in [2.24, 2.45) is 0 Å². The van der Waals surface area contributed by atoms with Crippen molar-refractivity contribution in [3.8, 4) is 73.4 Å². The van der Waals surface area contributed by atoms with E-state index in [2.05, 4.69) is 166 Å². The van der Waals surface area contributed by atoms with Crippen LogP contribution in [0.3, 0.4) is 0 Å². The molecule has 5 heterocycles. The molecular weight excluding hydrogens is 729 g/mol. The van der Waals surface area contributed by atoms with Crippen LogP contribution in [0.15, 0.2) is 158 Å². The van der Waals surface area contributed by atoms with E-state index in [-0.39, 0.29) is 12.7 Å². The smallest absolute Gasteiger partial charge is 0.416 e. The fraction of sp³-hybridized carbons (Fsp3) is 0.0612. The molecule has 0 unspecified atom stereocenters. The molecule has 0 amide bonds. The molecule has 3 aliphatic heterocycles. The maximum Gasteiger partial charge on any atom is 0.416 e. The number of fused-ring (bicyclic) bond motifs is 12. The summed E-state index contributed by atoms with van der Waals surface area (Å²) >= 11 is 0. The third-order valence-corrected chi connectivity index (χ3v) is 16.1. The van der Waals surface area contributed by atoms with Gasteiger partial charge < -0.3 is 19.1 Å². The molecule has 12 rings (SSSR count). The summed E-state index contributed by atoms with van der Waals surface area (Å²) in [5, 5.41) is 14.9. The number of aromatic hydroxyl groups is 1. The zero-order chi connectivity index (χ0) is 38.9. The van der Waals surface area contributed by atoms with Crippen molar-refractivity contribution in [2.45, 2.75) is 13.1 Å². The van der Waals surface area contributed by atoms with Gasteiger partial charge in [0.15, 0.2) is 11.5 Å². The summed E-state index contributed by atoms with van der Waals surface area (Å²) in [6.45, 7) is 4.73. The minimum Gasteiger partial charge on any atom is -0.508 e. The summed E-state index contributed by atoms with van der Waals surface area (Å²) in [6.07, 6.45) is 7.69. The van der Waals surface area contributed by atoms with Crippen molar-refractivity contribution < 1.29 is 14.4 Å². The van der Waals surface area contributed by atoms with Gasteiger partial charge in [0.2, 0.25) is 0 Å². The van der Waals surface area contributed by atoms with Gasteiger partial charge in [0.25, 0.3) is 6.33 Å². The molecule has 0 aliphatic carbocycles. The summed E-state index contributed by atoms with van der Waals surface area (Å²) in [5.74, 6) is 1.98. The normalized spacial score (nSPS) is 13.9. The lowest BCUT2D eigenvalue weighted by molar-refractivity contribution is -0.571. The van der Waals surface area contributed by atoms with Crippen molar-refractivity contribution in [1.29, 1.82) is 0 Å². The van der Waals surface area contributed by atoms with E-state index >= 15 is 0 Å². The molecule has 276 valence electrons. The minimum atomic E-state index is -2.38. The van der Waals surface area contributed by atoms with Gasteiger partial charge in [-0.1, -0.05) is 128 Å². The number of phenolic OH excluding ortho intramolecular Hbond substituents is 1. The van der Waals surface area contributed by atoms with E-state index in [9.17, 15) is 5.11 Å². The van der Waals surface area contributed by atoms with Crippen LogP contribution in [0.25, 0.3) is 67.2 Å².